The summed E-state index contributed by atoms with van der Waals surface area (Å²) in [7, 11) is 0. The second-order valence-corrected chi connectivity index (χ2v) is 6.97. The summed E-state index contributed by atoms with van der Waals surface area (Å²) in [5.74, 6) is 0.998. The lowest BCUT2D eigenvalue weighted by molar-refractivity contribution is -0.121. The van der Waals surface area contributed by atoms with E-state index in [1.54, 1.807) is 0 Å². The van der Waals surface area contributed by atoms with Gasteiger partial charge in [-0.05, 0) is 32.6 Å². The molecule has 4 rings (SSSR count). The molecule has 2 atom stereocenters. The number of nitrogens with zero attached hydrogens (tertiary/aromatic N) is 5. The maximum Gasteiger partial charge on any atom is 0.210 e. The molecule has 0 radical (unpaired) electrons. The highest BCUT2D eigenvalue weighted by molar-refractivity contribution is 5.55. The lowest BCUT2D eigenvalue weighted by Crippen LogP contribution is -2.32. The van der Waals surface area contributed by atoms with Crippen LogP contribution in [0.2, 0.25) is 0 Å². The van der Waals surface area contributed by atoms with Gasteiger partial charge in [-0.3, -0.25) is 4.79 Å². The zero-order valence-electron chi connectivity index (χ0n) is 14.1. The number of likely N-dealkylation sites (tertiary alicyclic amines) is 1. The Hall–Kier alpha value is -2.15. The molecule has 2 aromatic rings. The molecule has 0 aromatic carbocycles. The number of aromatic nitrogens is 3. The summed E-state index contributed by atoms with van der Waals surface area (Å²) < 4.78 is 1.84. The van der Waals surface area contributed by atoms with Crippen LogP contribution in [0.3, 0.4) is 0 Å². The maximum absolute atomic E-state index is 11.3. The van der Waals surface area contributed by atoms with E-state index >= 15 is 0 Å². The SMILES string of the molecule is Cc1cn2nc(C3CCCCN3C=O)cc2nc1N1CCC(N)C1. The molecule has 7 heteroatoms. The molecule has 0 bridgehead atoms. The maximum atomic E-state index is 11.3. The Balaban J connectivity index is 1.69. The third kappa shape index (κ3) is 2.62. The standard InChI is InChI=1S/C17H24N6O/c1-12-9-23-16(19-17(12)21-7-5-13(18)10-21)8-14(20-23)15-4-2-3-6-22(15)11-24/h8-9,11,13,15H,2-7,10,18H2,1H3. The molecule has 2 fully saturated rings. The average Bonchev–Trinajstić information content (AvgIpc) is 3.19. The highest BCUT2D eigenvalue weighted by atomic mass is 16.1. The Kier molecular flexibility index (Phi) is 3.88. The average molecular weight is 328 g/mol. The summed E-state index contributed by atoms with van der Waals surface area (Å²) in [6.07, 6.45) is 7.15. The van der Waals surface area contributed by atoms with E-state index in [2.05, 4.69) is 16.9 Å². The Morgan fingerprint density at radius 1 is 1.29 bits per heavy atom. The number of nitrogens with two attached hydrogens (primary N) is 1. The van der Waals surface area contributed by atoms with Crippen LogP contribution in [-0.2, 0) is 4.79 Å². The molecular formula is C17H24N6O. The quantitative estimate of drug-likeness (QED) is 0.858. The van der Waals surface area contributed by atoms with Crippen molar-refractivity contribution in [1.82, 2.24) is 19.5 Å². The van der Waals surface area contributed by atoms with Crippen molar-refractivity contribution < 1.29 is 4.79 Å². The zero-order chi connectivity index (χ0) is 16.7. The largest absolute Gasteiger partial charge is 0.355 e. The van der Waals surface area contributed by atoms with Gasteiger partial charge in [0.1, 0.15) is 5.82 Å². The van der Waals surface area contributed by atoms with E-state index in [4.69, 9.17) is 10.7 Å². The van der Waals surface area contributed by atoms with Crippen LogP contribution in [0.1, 0.15) is 43.0 Å². The number of hydrogen-bond donors (Lipinski definition) is 1. The number of aryl methyl sites for hydroxylation is 1. The van der Waals surface area contributed by atoms with Crippen molar-refractivity contribution in [2.75, 3.05) is 24.5 Å². The molecule has 0 spiro atoms. The van der Waals surface area contributed by atoms with E-state index in [0.717, 1.165) is 74.5 Å². The smallest absolute Gasteiger partial charge is 0.210 e. The first-order valence-corrected chi connectivity index (χ1v) is 8.74. The lowest BCUT2D eigenvalue weighted by Gasteiger charge is -2.31. The second kappa shape index (κ2) is 6.05. The highest BCUT2D eigenvalue weighted by Gasteiger charge is 2.26. The molecule has 0 aliphatic carbocycles. The van der Waals surface area contributed by atoms with Crippen LogP contribution < -0.4 is 10.6 Å². The molecule has 2 N–H and O–H groups in total. The fourth-order valence-corrected chi connectivity index (χ4v) is 3.88. The Labute approximate surface area is 141 Å². The van der Waals surface area contributed by atoms with Crippen LogP contribution in [0.25, 0.3) is 5.65 Å². The zero-order valence-corrected chi connectivity index (χ0v) is 14.1. The fraction of sp³-hybridized carbons (Fsp3) is 0.588. The lowest BCUT2D eigenvalue weighted by atomic mass is 10.0. The van der Waals surface area contributed by atoms with Crippen molar-refractivity contribution in [2.24, 2.45) is 5.73 Å². The van der Waals surface area contributed by atoms with Gasteiger partial charge in [-0.2, -0.15) is 5.10 Å². The summed E-state index contributed by atoms with van der Waals surface area (Å²) in [5.41, 5.74) is 8.90. The van der Waals surface area contributed by atoms with Gasteiger partial charge in [0, 0.05) is 43.5 Å². The van der Waals surface area contributed by atoms with Crippen LogP contribution in [-0.4, -0.2) is 51.6 Å². The first kappa shape index (κ1) is 15.4. The van der Waals surface area contributed by atoms with Crippen molar-refractivity contribution in [2.45, 2.75) is 44.7 Å². The molecule has 2 aromatic heterocycles. The highest BCUT2D eigenvalue weighted by Crippen LogP contribution is 2.30. The monoisotopic (exact) mass is 328 g/mol. The molecule has 2 aliphatic rings. The van der Waals surface area contributed by atoms with E-state index < -0.39 is 0 Å². The van der Waals surface area contributed by atoms with E-state index in [0.29, 0.717) is 0 Å². The second-order valence-electron chi connectivity index (χ2n) is 6.97. The minimum Gasteiger partial charge on any atom is -0.355 e. The first-order chi connectivity index (χ1) is 11.7. The Morgan fingerprint density at radius 3 is 2.92 bits per heavy atom. The number of hydrogen-bond acceptors (Lipinski definition) is 5. The molecule has 24 heavy (non-hydrogen) atoms. The molecule has 2 unspecified atom stereocenters. The third-order valence-electron chi connectivity index (χ3n) is 5.17. The van der Waals surface area contributed by atoms with Crippen molar-refractivity contribution in [3.05, 3.63) is 23.5 Å². The molecule has 1 amide bonds. The first-order valence-electron chi connectivity index (χ1n) is 8.74. The molecule has 2 saturated heterocycles. The number of piperidine rings is 1. The number of anilines is 1. The number of fused-ring (bicyclic) bond motifs is 1. The number of carbonyl (C=O) groups excluding carboxylic acids is 1. The number of carbonyl (C=O) groups is 1. The van der Waals surface area contributed by atoms with Gasteiger partial charge >= 0.3 is 0 Å². The third-order valence-corrected chi connectivity index (χ3v) is 5.17. The topological polar surface area (TPSA) is 79.8 Å². The van der Waals surface area contributed by atoms with E-state index in [-0.39, 0.29) is 12.1 Å². The minimum absolute atomic E-state index is 0.0712. The summed E-state index contributed by atoms with van der Waals surface area (Å²) in [5, 5.41) is 4.69. The van der Waals surface area contributed by atoms with Crippen molar-refractivity contribution in [3.8, 4) is 0 Å². The molecule has 0 saturated carbocycles. The van der Waals surface area contributed by atoms with Crippen molar-refractivity contribution in [1.29, 1.82) is 0 Å². The normalized spacial score (nSPS) is 24.8. The fourth-order valence-electron chi connectivity index (χ4n) is 3.88. The Morgan fingerprint density at radius 2 is 2.17 bits per heavy atom. The van der Waals surface area contributed by atoms with Crippen LogP contribution in [0, 0.1) is 6.92 Å². The van der Waals surface area contributed by atoms with Gasteiger partial charge in [0.15, 0.2) is 5.65 Å². The van der Waals surface area contributed by atoms with Gasteiger partial charge in [0.05, 0.1) is 11.7 Å². The summed E-state index contributed by atoms with van der Waals surface area (Å²) in [6.45, 7) is 4.68. The van der Waals surface area contributed by atoms with Gasteiger partial charge in [0.2, 0.25) is 6.41 Å². The van der Waals surface area contributed by atoms with Crippen LogP contribution >= 0.6 is 0 Å². The van der Waals surface area contributed by atoms with Gasteiger partial charge in [-0.25, -0.2) is 9.50 Å². The molecule has 2 aliphatic heterocycles. The summed E-state index contributed by atoms with van der Waals surface area (Å²) in [4.78, 5) is 20.3. The number of amides is 1. The van der Waals surface area contributed by atoms with E-state index in [9.17, 15) is 4.79 Å². The molecule has 4 heterocycles. The molecular weight excluding hydrogens is 304 g/mol. The van der Waals surface area contributed by atoms with E-state index in [1.165, 1.54) is 0 Å². The van der Waals surface area contributed by atoms with Gasteiger partial charge in [-0.1, -0.05) is 0 Å². The van der Waals surface area contributed by atoms with Crippen LogP contribution in [0.4, 0.5) is 5.82 Å². The predicted octanol–water partition coefficient (Wildman–Crippen LogP) is 1.26. The van der Waals surface area contributed by atoms with Crippen LogP contribution in [0.5, 0.6) is 0 Å². The molecule has 128 valence electrons. The van der Waals surface area contributed by atoms with Gasteiger partial charge in [-0.15, -0.1) is 0 Å². The Bertz CT molecular complexity index is 757. The summed E-state index contributed by atoms with van der Waals surface area (Å²) >= 11 is 0. The van der Waals surface area contributed by atoms with Gasteiger partial charge < -0.3 is 15.5 Å². The van der Waals surface area contributed by atoms with Crippen molar-refractivity contribution >= 4 is 17.9 Å². The number of rotatable bonds is 3. The van der Waals surface area contributed by atoms with Crippen LogP contribution in [0.15, 0.2) is 12.3 Å². The summed E-state index contributed by atoms with van der Waals surface area (Å²) in [6, 6.07) is 2.32. The van der Waals surface area contributed by atoms with Crippen molar-refractivity contribution in [3.63, 3.8) is 0 Å². The predicted molar refractivity (Wildman–Crippen MR) is 91.9 cm³/mol. The van der Waals surface area contributed by atoms with E-state index in [1.807, 2.05) is 21.7 Å². The molecule has 7 nitrogen and oxygen atoms in total. The minimum atomic E-state index is 0.0712. The van der Waals surface area contributed by atoms with Gasteiger partial charge in [0.25, 0.3) is 0 Å².